The lowest BCUT2D eigenvalue weighted by Gasteiger charge is -2.07. The second-order valence-corrected chi connectivity index (χ2v) is 3.92. The van der Waals surface area contributed by atoms with Crippen LogP contribution in [0.4, 0.5) is 0 Å². The second kappa shape index (κ2) is 7.34. The van der Waals surface area contributed by atoms with Crippen molar-refractivity contribution in [2.24, 2.45) is 0 Å². The van der Waals surface area contributed by atoms with Crippen LogP contribution >= 0.6 is 0 Å². The topological polar surface area (TPSA) is 29.5 Å². The minimum Gasteiger partial charge on any atom is -0.396 e. The van der Waals surface area contributed by atoms with Crippen LogP contribution in [0.2, 0.25) is 0 Å². The molecule has 1 saturated heterocycles. The summed E-state index contributed by atoms with van der Waals surface area (Å²) in [6, 6.07) is 0. The molecular formula is C11H22O2. The summed E-state index contributed by atoms with van der Waals surface area (Å²) in [6.45, 7) is 1.33. The molecular weight excluding hydrogens is 164 g/mol. The lowest BCUT2D eigenvalue weighted by Crippen LogP contribution is -2.03. The lowest BCUT2D eigenvalue weighted by atomic mass is 10.1. The Hall–Kier alpha value is -0.0800. The zero-order valence-electron chi connectivity index (χ0n) is 8.50. The number of hydrogen-bond donors (Lipinski definition) is 1. The van der Waals surface area contributed by atoms with E-state index in [4.69, 9.17) is 9.84 Å². The van der Waals surface area contributed by atoms with Crippen molar-refractivity contribution in [3.8, 4) is 0 Å². The number of aliphatic hydroxyl groups excluding tert-OH is 1. The van der Waals surface area contributed by atoms with Crippen molar-refractivity contribution in [3.05, 3.63) is 0 Å². The van der Waals surface area contributed by atoms with Crippen molar-refractivity contribution in [1.82, 2.24) is 0 Å². The zero-order chi connectivity index (χ0) is 9.36. The molecule has 1 aliphatic heterocycles. The molecule has 0 bridgehead atoms. The monoisotopic (exact) mass is 186 g/mol. The Balaban J connectivity index is 1.78. The number of aliphatic hydroxyl groups is 1. The standard InChI is InChI=1S/C11H22O2/c12-9-5-3-1-2-4-7-11-8-6-10-13-11/h11-12H,1-10H2. The van der Waals surface area contributed by atoms with Gasteiger partial charge in [-0.2, -0.15) is 0 Å². The lowest BCUT2D eigenvalue weighted by molar-refractivity contribution is 0.102. The molecule has 2 heteroatoms. The molecule has 1 heterocycles. The maximum absolute atomic E-state index is 8.58. The number of unbranched alkanes of at least 4 members (excludes halogenated alkanes) is 4. The average molecular weight is 186 g/mol. The first-order chi connectivity index (χ1) is 6.43. The average Bonchev–Trinajstić information content (AvgIpc) is 2.63. The molecule has 13 heavy (non-hydrogen) atoms. The van der Waals surface area contributed by atoms with Gasteiger partial charge in [-0.15, -0.1) is 0 Å². The van der Waals surface area contributed by atoms with Crippen LogP contribution in [-0.2, 0) is 4.74 Å². The molecule has 1 atom stereocenters. The Morgan fingerprint density at radius 2 is 1.85 bits per heavy atom. The van der Waals surface area contributed by atoms with Crippen molar-refractivity contribution in [2.45, 2.75) is 57.5 Å². The first-order valence-corrected chi connectivity index (χ1v) is 5.66. The van der Waals surface area contributed by atoms with Gasteiger partial charge in [-0.3, -0.25) is 0 Å². The second-order valence-electron chi connectivity index (χ2n) is 3.92. The van der Waals surface area contributed by atoms with Crippen molar-refractivity contribution in [1.29, 1.82) is 0 Å². The Morgan fingerprint density at radius 3 is 2.54 bits per heavy atom. The molecule has 0 aromatic rings. The van der Waals surface area contributed by atoms with Crippen LogP contribution in [0, 0.1) is 0 Å². The molecule has 78 valence electrons. The van der Waals surface area contributed by atoms with E-state index in [0.717, 1.165) is 13.0 Å². The van der Waals surface area contributed by atoms with E-state index in [1.165, 1.54) is 44.9 Å². The Bertz CT molecular complexity index is 109. The van der Waals surface area contributed by atoms with E-state index in [1.54, 1.807) is 0 Å². The van der Waals surface area contributed by atoms with Crippen LogP contribution in [0.5, 0.6) is 0 Å². The summed E-state index contributed by atoms with van der Waals surface area (Å²) in [4.78, 5) is 0. The summed E-state index contributed by atoms with van der Waals surface area (Å²) in [5.41, 5.74) is 0. The summed E-state index contributed by atoms with van der Waals surface area (Å²) in [5.74, 6) is 0. The minimum absolute atomic E-state index is 0.353. The SMILES string of the molecule is OCCCCCCCC1CCCO1. The fourth-order valence-corrected chi connectivity index (χ4v) is 1.89. The fraction of sp³-hybridized carbons (Fsp3) is 1.00. The van der Waals surface area contributed by atoms with Gasteiger partial charge in [0, 0.05) is 13.2 Å². The number of hydrogen-bond acceptors (Lipinski definition) is 2. The number of rotatable bonds is 7. The predicted octanol–water partition coefficient (Wildman–Crippen LogP) is 2.50. The van der Waals surface area contributed by atoms with E-state index in [0.29, 0.717) is 12.7 Å². The van der Waals surface area contributed by atoms with E-state index < -0.39 is 0 Å². The quantitative estimate of drug-likeness (QED) is 0.619. The van der Waals surface area contributed by atoms with Gasteiger partial charge in [-0.1, -0.05) is 25.7 Å². The van der Waals surface area contributed by atoms with E-state index in [1.807, 2.05) is 0 Å². The van der Waals surface area contributed by atoms with Crippen molar-refractivity contribution >= 4 is 0 Å². The molecule has 0 radical (unpaired) electrons. The van der Waals surface area contributed by atoms with Crippen LogP contribution < -0.4 is 0 Å². The molecule has 0 amide bonds. The molecule has 1 rings (SSSR count). The van der Waals surface area contributed by atoms with Gasteiger partial charge in [0.2, 0.25) is 0 Å². The highest BCUT2D eigenvalue weighted by atomic mass is 16.5. The molecule has 1 unspecified atom stereocenters. The third-order valence-electron chi connectivity index (χ3n) is 2.71. The number of ether oxygens (including phenoxy) is 1. The normalized spacial score (nSPS) is 22.4. The van der Waals surface area contributed by atoms with Crippen molar-refractivity contribution in [3.63, 3.8) is 0 Å². The first-order valence-electron chi connectivity index (χ1n) is 5.66. The molecule has 0 aromatic heterocycles. The summed E-state index contributed by atoms with van der Waals surface area (Å²) in [7, 11) is 0. The van der Waals surface area contributed by atoms with Crippen LogP contribution in [0.15, 0.2) is 0 Å². The van der Waals surface area contributed by atoms with Crippen LogP contribution in [-0.4, -0.2) is 24.4 Å². The highest BCUT2D eigenvalue weighted by Crippen LogP contribution is 2.18. The molecule has 0 saturated carbocycles. The summed E-state index contributed by atoms with van der Waals surface area (Å²) in [6.07, 6.45) is 10.4. The molecule has 0 spiro atoms. The molecule has 1 N–H and O–H groups in total. The highest BCUT2D eigenvalue weighted by Gasteiger charge is 2.13. The van der Waals surface area contributed by atoms with Crippen LogP contribution in [0.1, 0.15) is 51.4 Å². The van der Waals surface area contributed by atoms with Gasteiger partial charge in [0.25, 0.3) is 0 Å². The van der Waals surface area contributed by atoms with Crippen molar-refractivity contribution in [2.75, 3.05) is 13.2 Å². The fourth-order valence-electron chi connectivity index (χ4n) is 1.89. The maximum Gasteiger partial charge on any atom is 0.0576 e. The van der Waals surface area contributed by atoms with E-state index in [-0.39, 0.29) is 0 Å². The zero-order valence-corrected chi connectivity index (χ0v) is 8.50. The van der Waals surface area contributed by atoms with E-state index >= 15 is 0 Å². The van der Waals surface area contributed by atoms with Gasteiger partial charge in [0.15, 0.2) is 0 Å². The maximum atomic E-state index is 8.58. The van der Waals surface area contributed by atoms with E-state index in [2.05, 4.69) is 0 Å². The third kappa shape index (κ3) is 5.27. The molecule has 0 aromatic carbocycles. The highest BCUT2D eigenvalue weighted by molar-refractivity contribution is 4.64. The van der Waals surface area contributed by atoms with Crippen LogP contribution in [0.3, 0.4) is 0 Å². The van der Waals surface area contributed by atoms with Gasteiger partial charge in [0.05, 0.1) is 6.10 Å². The molecule has 0 aliphatic carbocycles. The minimum atomic E-state index is 0.353. The van der Waals surface area contributed by atoms with Crippen molar-refractivity contribution < 1.29 is 9.84 Å². The van der Waals surface area contributed by atoms with Gasteiger partial charge in [-0.25, -0.2) is 0 Å². The summed E-state index contributed by atoms with van der Waals surface area (Å²) < 4.78 is 5.54. The molecule has 1 aliphatic rings. The first kappa shape index (κ1) is 11.0. The smallest absolute Gasteiger partial charge is 0.0576 e. The van der Waals surface area contributed by atoms with E-state index in [9.17, 15) is 0 Å². The Labute approximate surface area is 81.3 Å². The van der Waals surface area contributed by atoms with Gasteiger partial charge >= 0.3 is 0 Å². The largest absolute Gasteiger partial charge is 0.396 e. The Kier molecular flexibility index (Phi) is 6.21. The predicted molar refractivity (Wildman–Crippen MR) is 53.8 cm³/mol. The van der Waals surface area contributed by atoms with Crippen LogP contribution in [0.25, 0.3) is 0 Å². The summed E-state index contributed by atoms with van der Waals surface area (Å²) in [5, 5.41) is 8.58. The molecule has 1 fully saturated rings. The third-order valence-corrected chi connectivity index (χ3v) is 2.71. The van der Waals surface area contributed by atoms with Gasteiger partial charge < -0.3 is 9.84 Å². The Morgan fingerprint density at radius 1 is 1.08 bits per heavy atom. The molecule has 2 nitrogen and oxygen atoms in total. The summed E-state index contributed by atoms with van der Waals surface area (Å²) >= 11 is 0. The van der Waals surface area contributed by atoms with Gasteiger partial charge in [0.1, 0.15) is 0 Å². The van der Waals surface area contributed by atoms with Gasteiger partial charge in [-0.05, 0) is 25.7 Å².